The Balaban J connectivity index is 2.62. The van der Waals surface area contributed by atoms with Gasteiger partial charge >= 0.3 is 0 Å². The van der Waals surface area contributed by atoms with Crippen molar-refractivity contribution in [3.8, 4) is 0 Å². The quantitative estimate of drug-likeness (QED) is 0.788. The van der Waals surface area contributed by atoms with Crippen molar-refractivity contribution in [3.63, 3.8) is 0 Å². The van der Waals surface area contributed by atoms with E-state index in [1.807, 2.05) is 13.8 Å². The van der Waals surface area contributed by atoms with Gasteiger partial charge in [-0.15, -0.1) is 0 Å². The predicted molar refractivity (Wildman–Crippen MR) is 67.5 cm³/mol. The summed E-state index contributed by atoms with van der Waals surface area (Å²) in [5.41, 5.74) is 5.98. The highest BCUT2D eigenvalue weighted by Gasteiger charge is 2.18. The molecule has 1 heterocycles. The fraction of sp³-hybridized carbons (Fsp3) is 0.545. The summed E-state index contributed by atoms with van der Waals surface area (Å²) in [6.45, 7) is 7.09. The van der Waals surface area contributed by atoms with Crippen molar-refractivity contribution in [1.29, 1.82) is 0 Å². The Morgan fingerprint density at radius 3 is 2.41 bits per heavy atom. The molecule has 1 aromatic rings. The van der Waals surface area contributed by atoms with E-state index in [1.54, 1.807) is 11.8 Å². The van der Waals surface area contributed by atoms with Crippen molar-refractivity contribution in [2.75, 3.05) is 24.1 Å². The lowest BCUT2D eigenvalue weighted by molar-refractivity contribution is -0.131. The van der Waals surface area contributed by atoms with Crippen LogP contribution in [0.4, 0.5) is 11.6 Å². The highest BCUT2D eigenvalue weighted by atomic mass is 16.2. The molecule has 0 bridgehead atoms. The molecule has 6 heteroatoms. The molecule has 6 nitrogen and oxygen atoms in total. The molecule has 0 saturated carbocycles. The van der Waals surface area contributed by atoms with Crippen LogP contribution in [0.15, 0.2) is 12.4 Å². The molecule has 1 unspecified atom stereocenters. The molecule has 0 aliphatic heterocycles. The highest BCUT2D eigenvalue weighted by molar-refractivity contribution is 5.83. The molecule has 0 radical (unpaired) electrons. The van der Waals surface area contributed by atoms with Gasteiger partial charge in [0, 0.05) is 13.1 Å². The predicted octanol–water partition coefficient (Wildman–Crippen LogP) is 0.728. The van der Waals surface area contributed by atoms with E-state index in [-0.39, 0.29) is 11.9 Å². The van der Waals surface area contributed by atoms with Gasteiger partial charge in [-0.3, -0.25) is 4.79 Å². The molecule has 1 atom stereocenters. The maximum absolute atomic E-state index is 12.0. The van der Waals surface area contributed by atoms with Crippen LogP contribution in [0.5, 0.6) is 0 Å². The summed E-state index contributed by atoms with van der Waals surface area (Å²) < 4.78 is 0. The minimum Gasteiger partial charge on any atom is -0.396 e. The van der Waals surface area contributed by atoms with Crippen LogP contribution in [0, 0.1) is 0 Å². The molecular weight excluding hydrogens is 218 g/mol. The van der Waals surface area contributed by atoms with Gasteiger partial charge in [-0.05, 0) is 20.8 Å². The molecule has 94 valence electrons. The average molecular weight is 237 g/mol. The fourth-order valence-electron chi connectivity index (χ4n) is 1.48. The minimum absolute atomic E-state index is 0.0374. The Morgan fingerprint density at radius 2 is 1.94 bits per heavy atom. The molecule has 1 amide bonds. The van der Waals surface area contributed by atoms with E-state index in [9.17, 15) is 4.79 Å². The van der Waals surface area contributed by atoms with Gasteiger partial charge in [0.2, 0.25) is 11.9 Å². The molecule has 0 spiro atoms. The molecule has 0 fully saturated rings. The molecule has 1 aromatic heterocycles. The van der Waals surface area contributed by atoms with E-state index in [2.05, 4.69) is 15.3 Å². The second-order valence-electron chi connectivity index (χ2n) is 3.72. The van der Waals surface area contributed by atoms with Gasteiger partial charge in [-0.1, -0.05) is 0 Å². The summed E-state index contributed by atoms with van der Waals surface area (Å²) in [4.78, 5) is 21.7. The van der Waals surface area contributed by atoms with Crippen molar-refractivity contribution in [2.45, 2.75) is 26.8 Å². The van der Waals surface area contributed by atoms with E-state index in [1.165, 1.54) is 12.4 Å². The summed E-state index contributed by atoms with van der Waals surface area (Å²) in [7, 11) is 0. The lowest BCUT2D eigenvalue weighted by atomic mass is 10.3. The fourth-order valence-corrected chi connectivity index (χ4v) is 1.48. The minimum atomic E-state index is -0.349. The van der Waals surface area contributed by atoms with Gasteiger partial charge in [0.25, 0.3) is 0 Å². The van der Waals surface area contributed by atoms with Crippen LogP contribution in [0.2, 0.25) is 0 Å². The number of carbonyl (C=O) groups excluding carboxylic acids is 1. The Kier molecular flexibility index (Phi) is 4.68. The molecule has 0 aromatic carbocycles. The summed E-state index contributed by atoms with van der Waals surface area (Å²) in [6.07, 6.45) is 3.01. The number of hydrogen-bond acceptors (Lipinski definition) is 5. The Morgan fingerprint density at radius 1 is 1.41 bits per heavy atom. The Hall–Kier alpha value is -1.85. The number of rotatable bonds is 5. The van der Waals surface area contributed by atoms with E-state index in [0.717, 1.165) is 0 Å². The third-order valence-corrected chi connectivity index (χ3v) is 2.46. The van der Waals surface area contributed by atoms with Gasteiger partial charge in [-0.2, -0.15) is 0 Å². The van der Waals surface area contributed by atoms with Crippen molar-refractivity contribution in [2.24, 2.45) is 0 Å². The molecule has 0 aliphatic carbocycles. The number of nitrogens with one attached hydrogen (secondary N) is 1. The first-order valence-corrected chi connectivity index (χ1v) is 5.71. The maximum Gasteiger partial charge on any atom is 0.244 e. The summed E-state index contributed by atoms with van der Waals surface area (Å²) >= 11 is 0. The zero-order valence-electron chi connectivity index (χ0n) is 10.5. The Bertz CT molecular complexity index is 361. The third kappa shape index (κ3) is 3.58. The number of aromatic nitrogens is 2. The largest absolute Gasteiger partial charge is 0.396 e. The van der Waals surface area contributed by atoms with Gasteiger partial charge in [-0.25, -0.2) is 9.97 Å². The third-order valence-electron chi connectivity index (χ3n) is 2.46. The smallest absolute Gasteiger partial charge is 0.244 e. The zero-order chi connectivity index (χ0) is 12.8. The summed E-state index contributed by atoms with van der Waals surface area (Å²) in [6, 6.07) is -0.349. The molecule has 3 N–H and O–H groups in total. The first-order chi connectivity index (χ1) is 8.08. The monoisotopic (exact) mass is 237 g/mol. The zero-order valence-corrected chi connectivity index (χ0v) is 10.5. The molecule has 1 rings (SSSR count). The average Bonchev–Trinajstić information content (AvgIpc) is 2.33. The number of hydrogen-bond donors (Lipinski definition) is 2. The topological polar surface area (TPSA) is 84.1 Å². The standard InChI is InChI=1S/C11H19N5O/c1-4-16(5-2)10(17)8(3)15-11-13-6-9(12)7-14-11/h6-8H,4-5,12H2,1-3H3,(H,13,14,15). The lowest BCUT2D eigenvalue weighted by Crippen LogP contribution is -2.41. The van der Waals surface area contributed by atoms with E-state index in [4.69, 9.17) is 5.73 Å². The SMILES string of the molecule is CCN(CC)C(=O)C(C)Nc1ncc(N)cn1. The number of amides is 1. The molecule has 0 saturated heterocycles. The highest BCUT2D eigenvalue weighted by Crippen LogP contribution is 2.04. The van der Waals surface area contributed by atoms with Gasteiger partial charge in [0.05, 0.1) is 18.1 Å². The van der Waals surface area contributed by atoms with Gasteiger partial charge in [0.1, 0.15) is 6.04 Å². The summed E-state index contributed by atoms with van der Waals surface area (Å²) in [5.74, 6) is 0.447. The van der Waals surface area contributed by atoms with Gasteiger partial charge in [0.15, 0.2) is 0 Å². The molecule has 17 heavy (non-hydrogen) atoms. The van der Waals surface area contributed by atoms with Crippen LogP contribution in [0.1, 0.15) is 20.8 Å². The second-order valence-corrected chi connectivity index (χ2v) is 3.72. The van der Waals surface area contributed by atoms with Crippen LogP contribution >= 0.6 is 0 Å². The van der Waals surface area contributed by atoms with E-state index in [0.29, 0.717) is 24.7 Å². The number of nitrogens with zero attached hydrogens (tertiary/aromatic N) is 3. The first kappa shape index (κ1) is 13.2. The van der Waals surface area contributed by atoms with Crippen LogP contribution in [-0.2, 0) is 4.79 Å². The van der Waals surface area contributed by atoms with Crippen molar-refractivity contribution >= 4 is 17.5 Å². The van der Waals surface area contributed by atoms with E-state index < -0.39 is 0 Å². The number of likely N-dealkylation sites (N-methyl/N-ethyl adjacent to an activating group) is 1. The van der Waals surface area contributed by atoms with Crippen LogP contribution in [0.3, 0.4) is 0 Å². The van der Waals surface area contributed by atoms with Crippen LogP contribution in [0.25, 0.3) is 0 Å². The normalized spacial score (nSPS) is 11.9. The second kappa shape index (κ2) is 6.03. The van der Waals surface area contributed by atoms with Crippen LogP contribution in [-0.4, -0.2) is 39.9 Å². The van der Waals surface area contributed by atoms with Crippen molar-refractivity contribution < 1.29 is 4.79 Å². The molecule has 0 aliphatic rings. The number of carbonyl (C=O) groups is 1. The van der Waals surface area contributed by atoms with Gasteiger partial charge < -0.3 is 16.0 Å². The van der Waals surface area contributed by atoms with Crippen molar-refractivity contribution in [1.82, 2.24) is 14.9 Å². The summed E-state index contributed by atoms with van der Waals surface area (Å²) in [5, 5.41) is 2.95. The number of anilines is 2. The van der Waals surface area contributed by atoms with Crippen LogP contribution < -0.4 is 11.1 Å². The number of nitrogens with two attached hydrogens (primary N) is 1. The van der Waals surface area contributed by atoms with E-state index >= 15 is 0 Å². The van der Waals surface area contributed by atoms with Crippen molar-refractivity contribution in [3.05, 3.63) is 12.4 Å². The Labute approximate surface area is 101 Å². The molecular formula is C11H19N5O. The maximum atomic E-state index is 12.0. The first-order valence-electron chi connectivity index (χ1n) is 5.71. The number of nitrogen functional groups attached to an aromatic ring is 1. The lowest BCUT2D eigenvalue weighted by Gasteiger charge is -2.23.